The number of hydrogen-bond acceptors (Lipinski definition) is 2. The number of aromatic amines is 1. The summed E-state index contributed by atoms with van der Waals surface area (Å²) in [5, 5.41) is 3.99. The highest BCUT2D eigenvalue weighted by atomic mass is 19.1. The van der Waals surface area contributed by atoms with Gasteiger partial charge in [-0.05, 0) is 42.3 Å². The fraction of sp³-hybridized carbons (Fsp3) is 0.200. The molecule has 0 saturated carbocycles. The van der Waals surface area contributed by atoms with Gasteiger partial charge in [0.05, 0.1) is 0 Å². The number of para-hydroxylation sites is 1. The molecule has 3 aromatic rings. The summed E-state index contributed by atoms with van der Waals surface area (Å²) in [6.07, 6.45) is 2.92. The molecule has 0 radical (unpaired) electrons. The van der Waals surface area contributed by atoms with Gasteiger partial charge in [0, 0.05) is 42.0 Å². The predicted octanol–water partition coefficient (Wildman–Crippen LogP) is 3.63. The number of amides is 1. The first-order chi connectivity index (χ1) is 12.1. The smallest absolute Gasteiger partial charge is 0.220 e. The SMILES string of the molecule is O=C(CCC(=O)c1ccc(F)cc1)NCCc1c[nH]c2ccccc12. The van der Waals surface area contributed by atoms with Gasteiger partial charge in [-0.15, -0.1) is 0 Å². The Hall–Kier alpha value is -2.95. The van der Waals surface area contributed by atoms with Crippen LogP contribution in [0, 0.1) is 5.82 Å². The van der Waals surface area contributed by atoms with E-state index in [0.29, 0.717) is 12.1 Å². The van der Waals surface area contributed by atoms with Gasteiger partial charge in [0.2, 0.25) is 5.91 Å². The Morgan fingerprint density at radius 2 is 1.76 bits per heavy atom. The Morgan fingerprint density at radius 3 is 2.56 bits per heavy atom. The van der Waals surface area contributed by atoms with Gasteiger partial charge in [0.1, 0.15) is 5.82 Å². The quantitative estimate of drug-likeness (QED) is 0.646. The minimum atomic E-state index is -0.383. The molecule has 0 atom stereocenters. The van der Waals surface area contributed by atoms with Crippen molar-refractivity contribution in [2.24, 2.45) is 0 Å². The van der Waals surface area contributed by atoms with Crippen molar-refractivity contribution in [3.63, 3.8) is 0 Å². The molecule has 0 saturated heterocycles. The summed E-state index contributed by atoms with van der Waals surface area (Å²) >= 11 is 0. The summed E-state index contributed by atoms with van der Waals surface area (Å²) in [5.41, 5.74) is 2.65. The third kappa shape index (κ3) is 4.32. The first kappa shape index (κ1) is 16.9. The molecule has 0 unspecified atom stereocenters. The normalized spacial score (nSPS) is 10.8. The standard InChI is InChI=1S/C20H19FN2O2/c21-16-7-5-14(6-8-16)19(24)9-10-20(25)22-12-11-15-13-23-18-4-2-1-3-17(15)18/h1-8,13,23H,9-12H2,(H,22,25). The zero-order chi connectivity index (χ0) is 17.6. The van der Waals surface area contributed by atoms with Crippen molar-refractivity contribution >= 4 is 22.6 Å². The molecule has 1 amide bonds. The number of nitrogens with one attached hydrogen (secondary N) is 2. The number of aromatic nitrogens is 1. The van der Waals surface area contributed by atoms with Gasteiger partial charge in [-0.25, -0.2) is 4.39 Å². The molecular weight excluding hydrogens is 319 g/mol. The van der Waals surface area contributed by atoms with E-state index in [1.807, 2.05) is 30.5 Å². The number of ketones is 1. The number of fused-ring (bicyclic) bond motifs is 1. The molecule has 2 aromatic carbocycles. The summed E-state index contributed by atoms with van der Waals surface area (Å²) < 4.78 is 12.8. The predicted molar refractivity (Wildman–Crippen MR) is 95.0 cm³/mol. The topological polar surface area (TPSA) is 62.0 Å². The van der Waals surface area contributed by atoms with Gasteiger partial charge in [0.15, 0.2) is 5.78 Å². The van der Waals surface area contributed by atoms with Crippen LogP contribution in [0.15, 0.2) is 54.7 Å². The van der Waals surface area contributed by atoms with Gasteiger partial charge >= 0.3 is 0 Å². The first-order valence-electron chi connectivity index (χ1n) is 8.24. The van der Waals surface area contributed by atoms with E-state index in [1.54, 1.807) is 0 Å². The highest BCUT2D eigenvalue weighted by molar-refractivity contribution is 5.97. The van der Waals surface area contributed by atoms with E-state index >= 15 is 0 Å². The van der Waals surface area contributed by atoms with Crippen LogP contribution in [0.4, 0.5) is 4.39 Å². The molecule has 5 heteroatoms. The zero-order valence-electron chi connectivity index (χ0n) is 13.7. The van der Waals surface area contributed by atoms with Crippen LogP contribution in [-0.4, -0.2) is 23.2 Å². The Morgan fingerprint density at radius 1 is 1.00 bits per heavy atom. The highest BCUT2D eigenvalue weighted by Crippen LogP contribution is 2.17. The summed E-state index contributed by atoms with van der Waals surface area (Å²) in [4.78, 5) is 27.1. The van der Waals surface area contributed by atoms with Crippen molar-refractivity contribution in [1.82, 2.24) is 10.3 Å². The van der Waals surface area contributed by atoms with Crippen LogP contribution < -0.4 is 5.32 Å². The number of H-pyrrole nitrogens is 1. The maximum Gasteiger partial charge on any atom is 0.220 e. The fourth-order valence-electron chi connectivity index (χ4n) is 2.77. The first-order valence-corrected chi connectivity index (χ1v) is 8.24. The van der Waals surface area contributed by atoms with E-state index in [4.69, 9.17) is 0 Å². The average Bonchev–Trinajstić information content (AvgIpc) is 3.04. The minimum Gasteiger partial charge on any atom is -0.361 e. The molecule has 4 nitrogen and oxygen atoms in total. The van der Waals surface area contributed by atoms with Crippen LogP contribution in [0.5, 0.6) is 0 Å². The second-order valence-electron chi connectivity index (χ2n) is 5.89. The lowest BCUT2D eigenvalue weighted by Gasteiger charge is -2.05. The average molecular weight is 338 g/mol. The maximum atomic E-state index is 12.8. The van der Waals surface area contributed by atoms with E-state index < -0.39 is 0 Å². The summed E-state index contributed by atoms with van der Waals surface area (Å²) in [5.74, 6) is -0.700. The molecule has 0 aliphatic carbocycles. The Kier molecular flexibility index (Phi) is 5.23. The Labute approximate surface area is 145 Å². The van der Waals surface area contributed by atoms with Crippen molar-refractivity contribution in [2.75, 3.05) is 6.54 Å². The lowest BCUT2D eigenvalue weighted by atomic mass is 10.1. The summed E-state index contributed by atoms with van der Waals surface area (Å²) in [7, 11) is 0. The summed E-state index contributed by atoms with van der Waals surface area (Å²) in [6, 6.07) is 13.4. The van der Waals surface area contributed by atoms with Crippen molar-refractivity contribution in [2.45, 2.75) is 19.3 Å². The molecule has 128 valence electrons. The number of carbonyl (C=O) groups is 2. The molecule has 1 heterocycles. The van der Waals surface area contributed by atoms with Gasteiger partial charge in [0.25, 0.3) is 0 Å². The van der Waals surface area contributed by atoms with Crippen LogP contribution in [-0.2, 0) is 11.2 Å². The zero-order valence-corrected chi connectivity index (χ0v) is 13.7. The highest BCUT2D eigenvalue weighted by Gasteiger charge is 2.10. The van der Waals surface area contributed by atoms with E-state index in [0.717, 1.165) is 22.9 Å². The van der Waals surface area contributed by atoms with Crippen molar-refractivity contribution < 1.29 is 14.0 Å². The van der Waals surface area contributed by atoms with Gasteiger partial charge < -0.3 is 10.3 Å². The number of carbonyl (C=O) groups excluding carboxylic acids is 2. The van der Waals surface area contributed by atoms with Crippen molar-refractivity contribution in [3.8, 4) is 0 Å². The van der Waals surface area contributed by atoms with E-state index in [9.17, 15) is 14.0 Å². The number of halogens is 1. The van der Waals surface area contributed by atoms with E-state index in [1.165, 1.54) is 24.3 Å². The fourth-order valence-corrected chi connectivity index (χ4v) is 2.77. The van der Waals surface area contributed by atoms with Crippen LogP contribution in [0.2, 0.25) is 0 Å². The van der Waals surface area contributed by atoms with Crippen LogP contribution in [0.3, 0.4) is 0 Å². The number of hydrogen-bond donors (Lipinski definition) is 2. The molecule has 25 heavy (non-hydrogen) atoms. The molecule has 1 aromatic heterocycles. The molecular formula is C20H19FN2O2. The van der Waals surface area contributed by atoms with Crippen LogP contribution >= 0.6 is 0 Å². The third-order valence-electron chi connectivity index (χ3n) is 4.14. The van der Waals surface area contributed by atoms with Gasteiger partial charge in [-0.2, -0.15) is 0 Å². The largest absolute Gasteiger partial charge is 0.361 e. The molecule has 2 N–H and O–H groups in total. The monoisotopic (exact) mass is 338 g/mol. The molecule has 0 fully saturated rings. The third-order valence-corrected chi connectivity index (χ3v) is 4.14. The molecule has 0 spiro atoms. The van der Waals surface area contributed by atoms with E-state index in [2.05, 4.69) is 10.3 Å². The second kappa shape index (κ2) is 7.75. The number of rotatable bonds is 7. The van der Waals surface area contributed by atoms with Crippen molar-refractivity contribution in [1.29, 1.82) is 0 Å². The second-order valence-corrected chi connectivity index (χ2v) is 5.89. The van der Waals surface area contributed by atoms with E-state index in [-0.39, 0.29) is 30.3 Å². The molecule has 0 aliphatic rings. The van der Waals surface area contributed by atoms with Crippen molar-refractivity contribution in [3.05, 3.63) is 71.7 Å². The Bertz CT molecular complexity index is 884. The Balaban J connectivity index is 1.44. The summed E-state index contributed by atoms with van der Waals surface area (Å²) in [6.45, 7) is 0.519. The van der Waals surface area contributed by atoms with Gasteiger partial charge in [-0.1, -0.05) is 18.2 Å². The maximum absolute atomic E-state index is 12.8. The lowest BCUT2D eigenvalue weighted by Crippen LogP contribution is -2.26. The minimum absolute atomic E-state index is 0.116. The number of benzene rings is 2. The van der Waals surface area contributed by atoms with Crippen LogP contribution in [0.1, 0.15) is 28.8 Å². The lowest BCUT2D eigenvalue weighted by molar-refractivity contribution is -0.121. The molecule has 0 aliphatic heterocycles. The molecule has 0 bridgehead atoms. The van der Waals surface area contributed by atoms with Gasteiger partial charge in [-0.3, -0.25) is 9.59 Å². The number of Topliss-reactive ketones (excluding diaryl/α,β-unsaturated/α-hetero) is 1. The van der Waals surface area contributed by atoms with Crippen LogP contribution in [0.25, 0.3) is 10.9 Å². The molecule has 3 rings (SSSR count).